The fourth-order valence-electron chi connectivity index (χ4n) is 4.48. The van der Waals surface area contributed by atoms with Gasteiger partial charge >= 0.3 is 0 Å². The van der Waals surface area contributed by atoms with Crippen molar-refractivity contribution in [1.29, 1.82) is 0 Å². The van der Waals surface area contributed by atoms with Crippen LogP contribution in [0.1, 0.15) is 30.7 Å². The molecule has 1 aromatic heterocycles. The van der Waals surface area contributed by atoms with Crippen LogP contribution in [-0.2, 0) is 12.0 Å². The van der Waals surface area contributed by atoms with Crippen LogP contribution in [0.5, 0.6) is 5.75 Å². The Morgan fingerprint density at radius 2 is 1.93 bits per heavy atom. The van der Waals surface area contributed by atoms with Gasteiger partial charge in [-0.15, -0.1) is 12.4 Å². The van der Waals surface area contributed by atoms with Gasteiger partial charge in [-0.2, -0.15) is 4.98 Å². The molecule has 0 amide bonds. The summed E-state index contributed by atoms with van der Waals surface area (Å²) in [6, 6.07) is 18.0. The SMILES string of the molecule is Cl.c1ccc(OCc2ccc(-c3noc([C@@]45CCC[C@@H]4CNC5)n3)cc2)cc1. The standard InChI is InChI=1S/C22H23N3O2.ClH/c1-2-6-19(7-3-1)26-14-16-8-10-17(11-9-16)20-24-21(27-25-20)22-12-4-5-18(22)13-23-15-22;/h1-3,6-11,18,23H,4-5,12-15H2;1H/t18-,22-;/m1./s1. The Morgan fingerprint density at radius 3 is 2.75 bits per heavy atom. The van der Waals surface area contributed by atoms with Crippen molar-refractivity contribution in [3.05, 3.63) is 66.1 Å². The number of rotatable bonds is 5. The molecular formula is C22H24ClN3O2. The Morgan fingerprint density at radius 1 is 1.11 bits per heavy atom. The molecule has 0 radical (unpaired) electrons. The Balaban J connectivity index is 0.00000192. The van der Waals surface area contributed by atoms with Crippen LogP contribution in [0, 0.1) is 5.92 Å². The largest absolute Gasteiger partial charge is 0.489 e. The molecule has 28 heavy (non-hydrogen) atoms. The van der Waals surface area contributed by atoms with Gasteiger partial charge in [-0.05, 0) is 43.0 Å². The van der Waals surface area contributed by atoms with Crippen LogP contribution < -0.4 is 10.1 Å². The molecule has 1 aliphatic heterocycles. The second-order valence-electron chi connectivity index (χ2n) is 7.60. The van der Waals surface area contributed by atoms with Crippen molar-refractivity contribution in [3.8, 4) is 17.1 Å². The first kappa shape index (κ1) is 19.0. The van der Waals surface area contributed by atoms with Gasteiger partial charge in [0.05, 0.1) is 5.41 Å². The topological polar surface area (TPSA) is 60.2 Å². The average molecular weight is 398 g/mol. The molecule has 0 spiro atoms. The molecule has 3 aromatic rings. The second-order valence-corrected chi connectivity index (χ2v) is 7.60. The molecule has 2 heterocycles. The number of aromatic nitrogens is 2. The van der Waals surface area contributed by atoms with Crippen molar-refractivity contribution in [2.24, 2.45) is 5.92 Å². The maximum absolute atomic E-state index is 5.80. The van der Waals surface area contributed by atoms with Crippen LogP contribution in [0.25, 0.3) is 11.4 Å². The van der Waals surface area contributed by atoms with E-state index in [2.05, 4.69) is 22.6 Å². The van der Waals surface area contributed by atoms with Crippen LogP contribution >= 0.6 is 12.4 Å². The van der Waals surface area contributed by atoms with E-state index in [4.69, 9.17) is 14.2 Å². The number of benzene rings is 2. The summed E-state index contributed by atoms with van der Waals surface area (Å²) in [6.45, 7) is 2.56. The molecule has 2 aromatic carbocycles. The number of para-hydroxylation sites is 1. The third-order valence-electron chi connectivity index (χ3n) is 6.00. The zero-order valence-electron chi connectivity index (χ0n) is 15.6. The van der Waals surface area contributed by atoms with Gasteiger partial charge in [0, 0.05) is 12.1 Å². The summed E-state index contributed by atoms with van der Waals surface area (Å²) in [5.41, 5.74) is 2.14. The number of ether oxygens (including phenoxy) is 1. The van der Waals surface area contributed by atoms with Gasteiger partial charge < -0.3 is 14.6 Å². The lowest BCUT2D eigenvalue weighted by atomic mass is 9.80. The van der Waals surface area contributed by atoms with Gasteiger partial charge in [-0.1, -0.05) is 54.0 Å². The molecule has 2 atom stereocenters. The zero-order chi connectivity index (χ0) is 18.1. The van der Waals surface area contributed by atoms with Crippen molar-refractivity contribution in [2.75, 3.05) is 13.1 Å². The molecular weight excluding hydrogens is 374 g/mol. The number of nitrogens with zero attached hydrogens (tertiary/aromatic N) is 2. The second kappa shape index (κ2) is 7.94. The molecule has 1 N–H and O–H groups in total. The van der Waals surface area contributed by atoms with Crippen molar-refractivity contribution in [2.45, 2.75) is 31.3 Å². The fraction of sp³-hybridized carbons (Fsp3) is 0.364. The first-order chi connectivity index (χ1) is 13.3. The lowest BCUT2D eigenvalue weighted by Gasteiger charge is -2.22. The molecule has 2 aliphatic rings. The monoisotopic (exact) mass is 397 g/mol. The molecule has 6 heteroatoms. The van der Waals surface area contributed by atoms with E-state index in [9.17, 15) is 0 Å². The number of halogens is 1. The van der Waals surface area contributed by atoms with Crippen LogP contribution in [0.15, 0.2) is 59.1 Å². The van der Waals surface area contributed by atoms with E-state index in [1.165, 1.54) is 12.8 Å². The predicted octanol–water partition coefficient (Wildman–Crippen LogP) is 4.38. The highest BCUT2D eigenvalue weighted by atomic mass is 35.5. The van der Waals surface area contributed by atoms with Gasteiger partial charge in [-0.25, -0.2) is 0 Å². The summed E-state index contributed by atoms with van der Waals surface area (Å²) in [5.74, 6) is 2.98. The maximum Gasteiger partial charge on any atom is 0.234 e. The molecule has 0 unspecified atom stereocenters. The average Bonchev–Trinajstić information content (AvgIpc) is 3.43. The third-order valence-corrected chi connectivity index (χ3v) is 6.00. The normalized spacial score (nSPS) is 23.2. The highest BCUT2D eigenvalue weighted by Crippen LogP contribution is 2.47. The van der Waals surface area contributed by atoms with E-state index in [0.29, 0.717) is 18.3 Å². The highest BCUT2D eigenvalue weighted by Gasteiger charge is 2.51. The number of hydrogen-bond donors (Lipinski definition) is 1. The molecule has 1 saturated heterocycles. The quantitative estimate of drug-likeness (QED) is 0.692. The lowest BCUT2D eigenvalue weighted by molar-refractivity contribution is 0.265. The third kappa shape index (κ3) is 3.40. The van der Waals surface area contributed by atoms with Crippen molar-refractivity contribution < 1.29 is 9.26 Å². The number of fused-ring (bicyclic) bond motifs is 1. The Labute approximate surface area is 170 Å². The summed E-state index contributed by atoms with van der Waals surface area (Å²) >= 11 is 0. The van der Waals surface area contributed by atoms with E-state index in [-0.39, 0.29) is 17.8 Å². The summed E-state index contributed by atoms with van der Waals surface area (Å²) in [6.07, 6.45) is 3.64. The summed E-state index contributed by atoms with van der Waals surface area (Å²) in [7, 11) is 0. The molecule has 146 valence electrons. The zero-order valence-corrected chi connectivity index (χ0v) is 16.5. The minimum absolute atomic E-state index is 0. The summed E-state index contributed by atoms with van der Waals surface area (Å²) in [4.78, 5) is 4.77. The fourth-order valence-corrected chi connectivity index (χ4v) is 4.48. The predicted molar refractivity (Wildman–Crippen MR) is 110 cm³/mol. The molecule has 2 fully saturated rings. The number of hydrogen-bond acceptors (Lipinski definition) is 5. The van der Waals surface area contributed by atoms with Gasteiger partial charge in [0.1, 0.15) is 12.4 Å². The van der Waals surface area contributed by atoms with E-state index in [0.717, 1.165) is 42.3 Å². The van der Waals surface area contributed by atoms with E-state index < -0.39 is 0 Å². The Hall–Kier alpha value is -2.37. The van der Waals surface area contributed by atoms with Crippen molar-refractivity contribution in [1.82, 2.24) is 15.5 Å². The van der Waals surface area contributed by atoms with Crippen LogP contribution in [0.4, 0.5) is 0 Å². The van der Waals surface area contributed by atoms with E-state index >= 15 is 0 Å². The van der Waals surface area contributed by atoms with Crippen molar-refractivity contribution >= 4 is 12.4 Å². The van der Waals surface area contributed by atoms with Gasteiger partial charge in [-0.3, -0.25) is 0 Å². The first-order valence-corrected chi connectivity index (χ1v) is 9.66. The van der Waals surface area contributed by atoms with Gasteiger partial charge in [0.2, 0.25) is 11.7 Å². The molecule has 1 aliphatic carbocycles. The smallest absolute Gasteiger partial charge is 0.234 e. The van der Waals surface area contributed by atoms with Crippen LogP contribution in [0.3, 0.4) is 0 Å². The first-order valence-electron chi connectivity index (χ1n) is 9.66. The minimum Gasteiger partial charge on any atom is -0.489 e. The summed E-state index contributed by atoms with van der Waals surface area (Å²) < 4.78 is 11.5. The van der Waals surface area contributed by atoms with Gasteiger partial charge in [0.15, 0.2) is 0 Å². The minimum atomic E-state index is 0. The summed E-state index contributed by atoms with van der Waals surface area (Å²) in [5, 5.41) is 7.77. The molecule has 0 bridgehead atoms. The highest BCUT2D eigenvalue weighted by molar-refractivity contribution is 5.85. The van der Waals surface area contributed by atoms with Crippen molar-refractivity contribution in [3.63, 3.8) is 0 Å². The molecule has 5 nitrogen and oxygen atoms in total. The van der Waals surface area contributed by atoms with E-state index in [1.807, 2.05) is 42.5 Å². The Bertz CT molecular complexity index is 901. The van der Waals surface area contributed by atoms with Gasteiger partial charge in [0.25, 0.3) is 0 Å². The maximum atomic E-state index is 5.80. The molecule has 1 saturated carbocycles. The van der Waals surface area contributed by atoms with Crippen LogP contribution in [0.2, 0.25) is 0 Å². The van der Waals surface area contributed by atoms with E-state index in [1.54, 1.807) is 0 Å². The number of nitrogens with one attached hydrogen (secondary N) is 1. The van der Waals surface area contributed by atoms with Crippen LogP contribution in [-0.4, -0.2) is 23.2 Å². The molecule has 5 rings (SSSR count). The Kier molecular flexibility index (Phi) is 5.38. The lowest BCUT2D eigenvalue weighted by Crippen LogP contribution is -2.31.